The van der Waals surface area contributed by atoms with Crippen LogP contribution in [0.15, 0.2) is 36.4 Å². The molecule has 0 spiro atoms. The summed E-state index contributed by atoms with van der Waals surface area (Å²) in [6, 6.07) is 11.1. The Hall–Kier alpha value is -2.04. The van der Waals surface area contributed by atoms with Gasteiger partial charge in [0.15, 0.2) is 0 Å². The lowest BCUT2D eigenvalue weighted by Crippen LogP contribution is -2.21. The number of anilines is 2. The zero-order chi connectivity index (χ0) is 17.0. The highest BCUT2D eigenvalue weighted by Gasteiger charge is 2.12. The standard InChI is InChI=1S/C18H21ClN2O2/c1-12-10-16(17(19)11-13(12)2)18(23)20-14-4-6-15(7-5-14)21(3)8-9-22/h4-7,10-11,22H,8-9H2,1-3H3,(H,20,23). The van der Waals surface area contributed by atoms with Crippen molar-refractivity contribution in [3.63, 3.8) is 0 Å². The van der Waals surface area contributed by atoms with Gasteiger partial charge < -0.3 is 15.3 Å². The van der Waals surface area contributed by atoms with Gasteiger partial charge in [0.2, 0.25) is 0 Å². The highest BCUT2D eigenvalue weighted by Crippen LogP contribution is 2.23. The van der Waals surface area contributed by atoms with Crippen LogP contribution in [-0.2, 0) is 0 Å². The number of carbonyl (C=O) groups excluding carboxylic acids is 1. The van der Waals surface area contributed by atoms with Crippen LogP contribution in [0, 0.1) is 13.8 Å². The van der Waals surface area contributed by atoms with Crippen molar-refractivity contribution in [1.82, 2.24) is 0 Å². The van der Waals surface area contributed by atoms with Crippen LogP contribution in [0.5, 0.6) is 0 Å². The van der Waals surface area contributed by atoms with Crippen molar-refractivity contribution in [3.8, 4) is 0 Å². The number of likely N-dealkylation sites (N-methyl/N-ethyl adjacent to an activating group) is 1. The third-order valence-corrected chi connectivity index (χ3v) is 4.14. The first-order chi connectivity index (χ1) is 10.9. The van der Waals surface area contributed by atoms with Crippen molar-refractivity contribution >= 4 is 28.9 Å². The van der Waals surface area contributed by atoms with Gasteiger partial charge in [-0.15, -0.1) is 0 Å². The lowest BCUT2D eigenvalue weighted by atomic mass is 10.1. The Morgan fingerprint density at radius 1 is 1.17 bits per heavy atom. The quantitative estimate of drug-likeness (QED) is 0.879. The average Bonchev–Trinajstić information content (AvgIpc) is 2.51. The van der Waals surface area contributed by atoms with Crippen LogP contribution in [0.2, 0.25) is 5.02 Å². The van der Waals surface area contributed by atoms with E-state index in [2.05, 4.69) is 5.32 Å². The highest BCUT2D eigenvalue weighted by molar-refractivity contribution is 6.34. The topological polar surface area (TPSA) is 52.6 Å². The van der Waals surface area contributed by atoms with Crippen molar-refractivity contribution in [1.29, 1.82) is 0 Å². The monoisotopic (exact) mass is 332 g/mol. The van der Waals surface area contributed by atoms with Gasteiger partial charge in [-0.3, -0.25) is 4.79 Å². The summed E-state index contributed by atoms with van der Waals surface area (Å²) in [5.41, 5.74) is 4.23. The van der Waals surface area contributed by atoms with E-state index in [1.807, 2.05) is 50.1 Å². The fraction of sp³-hybridized carbons (Fsp3) is 0.278. The lowest BCUT2D eigenvalue weighted by Gasteiger charge is -2.18. The second kappa shape index (κ2) is 7.49. The summed E-state index contributed by atoms with van der Waals surface area (Å²) in [7, 11) is 1.90. The maximum atomic E-state index is 12.4. The van der Waals surface area contributed by atoms with Gasteiger partial charge in [0.25, 0.3) is 5.91 Å². The van der Waals surface area contributed by atoms with E-state index in [1.54, 1.807) is 12.1 Å². The van der Waals surface area contributed by atoms with E-state index in [1.165, 1.54) is 0 Å². The van der Waals surface area contributed by atoms with Crippen LogP contribution in [-0.4, -0.2) is 31.2 Å². The van der Waals surface area contributed by atoms with Gasteiger partial charge in [-0.1, -0.05) is 11.6 Å². The average molecular weight is 333 g/mol. The number of nitrogens with one attached hydrogen (secondary N) is 1. The number of aliphatic hydroxyl groups excluding tert-OH is 1. The molecule has 0 aliphatic rings. The van der Waals surface area contributed by atoms with E-state index in [4.69, 9.17) is 16.7 Å². The molecular formula is C18H21ClN2O2. The molecule has 1 amide bonds. The molecule has 0 atom stereocenters. The van der Waals surface area contributed by atoms with Crippen molar-refractivity contribution in [3.05, 3.63) is 58.1 Å². The van der Waals surface area contributed by atoms with Crippen LogP contribution in [0.25, 0.3) is 0 Å². The van der Waals surface area contributed by atoms with Gasteiger partial charge >= 0.3 is 0 Å². The van der Waals surface area contributed by atoms with Crippen molar-refractivity contribution < 1.29 is 9.90 Å². The Bertz CT molecular complexity index is 699. The minimum atomic E-state index is -0.227. The van der Waals surface area contributed by atoms with Crippen molar-refractivity contribution in [2.24, 2.45) is 0 Å². The summed E-state index contributed by atoms with van der Waals surface area (Å²) in [4.78, 5) is 14.3. The van der Waals surface area contributed by atoms with E-state index in [0.717, 1.165) is 16.8 Å². The molecule has 0 unspecified atom stereocenters. The largest absolute Gasteiger partial charge is 0.395 e. The number of halogens is 1. The smallest absolute Gasteiger partial charge is 0.257 e. The molecule has 5 heteroatoms. The Balaban J connectivity index is 2.13. The Kier molecular flexibility index (Phi) is 5.64. The summed E-state index contributed by atoms with van der Waals surface area (Å²) < 4.78 is 0. The third-order valence-electron chi connectivity index (χ3n) is 3.83. The fourth-order valence-electron chi connectivity index (χ4n) is 2.23. The molecule has 0 saturated heterocycles. The van der Waals surface area contributed by atoms with Crippen molar-refractivity contribution in [2.45, 2.75) is 13.8 Å². The van der Waals surface area contributed by atoms with E-state index in [9.17, 15) is 4.79 Å². The molecule has 0 aliphatic heterocycles. The summed E-state index contributed by atoms with van der Waals surface area (Å²) >= 11 is 6.17. The number of carbonyl (C=O) groups is 1. The SMILES string of the molecule is Cc1cc(Cl)c(C(=O)Nc2ccc(N(C)CCO)cc2)cc1C. The molecule has 0 saturated carbocycles. The van der Waals surface area contributed by atoms with Crippen LogP contribution in [0.4, 0.5) is 11.4 Å². The molecule has 0 aromatic heterocycles. The number of amides is 1. The van der Waals surface area contributed by atoms with Crippen LogP contribution in [0.1, 0.15) is 21.5 Å². The predicted molar refractivity (Wildman–Crippen MR) is 95.7 cm³/mol. The second-order valence-corrected chi connectivity index (χ2v) is 5.97. The third kappa shape index (κ3) is 4.24. The highest BCUT2D eigenvalue weighted by atomic mass is 35.5. The molecule has 2 aromatic rings. The molecule has 23 heavy (non-hydrogen) atoms. The maximum Gasteiger partial charge on any atom is 0.257 e. The number of hydrogen-bond donors (Lipinski definition) is 2. The first-order valence-corrected chi connectivity index (χ1v) is 7.80. The lowest BCUT2D eigenvalue weighted by molar-refractivity contribution is 0.102. The Labute approximate surface area is 141 Å². The molecule has 0 fully saturated rings. The molecule has 0 radical (unpaired) electrons. The van der Waals surface area contributed by atoms with Gasteiger partial charge in [-0.2, -0.15) is 0 Å². The van der Waals surface area contributed by atoms with Gasteiger partial charge in [-0.25, -0.2) is 0 Å². The number of nitrogens with zero attached hydrogens (tertiary/aromatic N) is 1. The molecule has 0 heterocycles. The second-order valence-electron chi connectivity index (χ2n) is 5.56. The molecule has 4 nitrogen and oxygen atoms in total. The minimum Gasteiger partial charge on any atom is -0.395 e. The minimum absolute atomic E-state index is 0.0975. The Morgan fingerprint density at radius 2 is 1.78 bits per heavy atom. The molecule has 0 bridgehead atoms. The molecule has 2 N–H and O–H groups in total. The summed E-state index contributed by atoms with van der Waals surface area (Å²) in [6.45, 7) is 4.57. The summed E-state index contributed by atoms with van der Waals surface area (Å²) in [5, 5.41) is 12.3. The molecule has 2 rings (SSSR count). The first kappa shape index (κ1) is 17.3. The van der Waals surface area contributed by atoms with Crippen molar-refractivity contribution in [2.75, 3.05) is 30.4 Å². The maximum absolute atomic E-state index is 12.4. The molecular weight excluding hydrogens is 312 g/mol. The number of rotatable bonds is 5. The molecule has 122 valence electrons. The van der Waals surface area contributed by atoms with Gasteiger partial charge in [0.05, 0.1) is 17.2 Å². The van der Waals surface area contributed by atoms with E-state index >= 15 is 0 Å². The van der Waals surface area contributed by atoms with Gasteiger partial charge in [0.1, 0.15) is 0 Å². The summed E-state index contributed by atoms with van der Waals surface area (Å²) in [6.07, 6.45) is 0. The predicted octanol–water partition coefficient (Wildman–Crippen LogP) is 3.64. The zero-order valence-electron chi connectivity index (χ0n) is 13.6. The van der Waals surface area contributed by atoms with Gasteiger partial charge in [-0.05, 0) is 61.4 Å². The number of benzene rings is 2. The normalized spacial score (nSPS) is 10.5. The number of aryl methyl sites for hydroxylation is 2. The fourth-order valence-corrected chi connectivity index (χ4v) is 2.54. The zero-order valence-corrected chi connectivity index (χ0v) is 14.3. The van der Waals surface area contributed by atoms with Gasteiger partial charge in [0, 0.05) is 25.0 Å². The summed E-state index contributed by atoms with van der Waals surface area (Å²) in [5.74, 6) is -0.227. The first-order valence-electron chi connectivity index (χ1n) is 7.42. The van der Waals surface area contributed by atoms with Crippen LogP contribution < -0.4 is 10.2 Å². The Morgan fingerprint density at radius 3 is 2.39 bits per heavy atom. The molecule has 0 aliphatic carbocycles. The molecule has 2 aromatic carbocycles. The number of hydrogen-bond acceptors (Lipinski definition) is 3. The van der Waals surface area contributed by atoms with E-state index < -0.39 is 0 Å². The number of aliphatic hydroxyl groups is 1. The van der Waals surface area contributed by atoms with Crippen LogP contribution in [0.3, 0.4) is 0 Å². The van der Waals surface area contributed by atoms with Crippen LogP contribution >= 0.6 is 11.6 Å². The van der Waals surface area contributed by atoms with E-state index in [-0.39, 0.29) is 12.5 Å². The van der Waals surface area contributed by atoms with E-state index in [0.29, 0.717) is 22.8 Å².